The van der Waals surface area contributed by atoms with E-state index in [1.54, 1.807) is 18.2 Å². The Labute approximate surface area is 184 Å². The van der Waals surface area contributed by atoms with Gasteiger partial charge in [-0.1, -0.05) is 42.6 Å². The molecule has 10 heteroatoms. The van der Waals surface area contributed by atoms with Crippen LogP contribution in [0.25, 0.3) is 0 Å². The monoisotopic (exact) mass is 470 g/mol. The molecule has 1 amide bonds. The lowest BCUT2D eigenvalue weighted by Gasteiger charge is -2.14. The number of benzene rings is 2. The van der Waals surface area contributed by atoms with Gasteiger partial charge in [0, 0.05) is 32.6 Å². The van der Waals surface area contributed by atoms with Gasteiger partial charge in [0.05, 0.1) is 10.6 Å². The zero-order valence-corrected chi connectivity index (χ0v) is 18.4. The number of nitrogens with one attached hydrogen (secondary N) is 1. The molecule has 3 rings (SSSR count). The van der Waals surface area contributed by atoms with E-state index in [0.29, 0.717) is 24.1 Å². The zero-order valence-electron chi connectivity index (χ0n) is 16.1. The van der Waals surface area contributed by atoms with E-state index >= 15 is 0 Å². The number of halogens is 2. The maximum atomic E-state index is 12.7. The van der Waals surface area contributed by atoms with Gasteiger partial charge < -0.3 is 5.32 Å². The Hall–Kier alpha value is -2.16. The number of carbonyl (C=O) groups excluding carboxylic acids is 1. The number of anilines is 1. The Kier molecular flexibility index (Phi) is 6.40. The van der Waals surface area contributed by atoms with Crippen LogP contribution in [0.4, 0.5) is 5.69 Å². The minimum absolute atomic E-state index is 0.0503. The van der Waals surface area contributed by atoms with Crippen LogP contribution in [0.1, 0.15) is 31.7 Å². The lowest BCUT2D eigenvalue weighted by Crippen LogP contribution is -2.29. The highest BCUT2D eigenvalue weighted by molar-refractivity contribution is 7.90. The van der Waals surface area contributed by atoms with E-state index in [-0.39, 0.29) is 27.1 Å². The SMILES string of the molecule is CCCC1(C(=O)Nc2ccc(S(=O)(=O)Cc3c(Cl)cccc3Cl)cc2)CC1[N+](=O)[O-]. The van der Waals surface area contributed by atoms with Crippen LogP contribution in [0.5, 0.6) is 0 Å². The van der Waals surface area contributed by atoms with Crippen LogP contribution < -0.4 is 5.32 Å². The third-order valence-corrected chi connectivity index (χ3v) is 7.67. The number of amides is 1. The Morgan fingerprint density at radius 3 is 2.30 bits per heavy atom. The molecular weight excluding hydrogens is 451 g/mol. The minimum atomic E-state index is -3.72. The van der Waals surface area contributed by atoms with Gasteiger partial charge in [-0.25, -0.2) is 8.42 Å². The van der Waals surface area contributed by atoms with Crippen molar-refractivity contribution in [3.63, 3.8) is 0 Å². The fourth-order valence-electron chi connectivity index (χ4n) is 3.58. The van der Waals surface area contributed by atoms with Gasteiger partial charge in [0.25, 0.3) is 0 Å². The average Bonchev–Trinajstić information content (AvgIpc) is 3.42. The summed E-state index contributed by atoms with van der Waals surface area (Å²) in [5, 5.41) is 14.3. The van der Waals surface area contributed by atoms with Crippen LogP contribution in [0, 0.1) is 15.5 Å². The molecule has 2 atom stereocenters. The van der Waals surface area contributed by atoms with Gasteiger partial charge >= 0.3 is 0 Å². The lowest BCUT2D eigenvalue weighted by atomic mass is 9.98. The minimum Gasteiger partial charge on any atom is -0.325 e. The first-order valence-electron chi connectivity index (χ1n) is 9.31. The van der Waals surface area contributed by atoms with Crippen molar-refractivity contribution in [2.75, 3.05) is 5.32 Å². The van der Waals surface area contributed by atoms with E-state index in [4.69, 9.17) is 23.2 Å². The number of nitrogens with zero attached hydrogens (tertiary/aromatic N) is 1. The number of sulfone groups is 1. The molecule has 1 N–H and O–H groups in total. The van der Waals surface area contributed by atoms with Crippen molar-refractivity contribution in [1.82, 2.24) is 0 Å². The first-order chi connectivity index (χ1) is 14.1. The molecular formula is C20H20Cl2N2O5S. The van der Waals surface area contributed by atoms with Crippen molar-refractivity contribution in [1.29, 1.82) is 0 Å². The Morgan fingerprint density at radius 1 is 1.20 bits per heavy atom. The summed E-state index contributed by atoms with van der Waals surface area (Å²) >= 11 is 12.1. The number of hydrogen-bond acceptors (Lipinski definition) is 5. The van der Waals surface area contributed by atoms with Gasteiger partial charge in [-0.05, 0) is 42.8 Å². The van der Waals surface area contributed by atoms with E-state index in [0.717, 1.165) is 0 Å². The van der Waals surface area contributed by atoms with Gasteiger partial charge in [-0.15, -0.1) is 0 Å². The molecule has 2 aromatic rings. The first-order valence-corrected chi connectivity index (χ1v) is 11.7. The molecule has 0 radical (unpaired) electrons. The predicted molar refractivity (Wildman–Crippen MR) is 115 cm³/mol. The molecule has 1 fully saturated rings. The Morgan fingerprint density at radius 2 is 1.80 bits per heavy atom. The molecule has 0 aromatic heterocycles. The second-order valence-electron chi connectivity index (χ2n) is 7.35. The number of rotatable bonds is 8. The van der Waals surface area contributed by atoms with Crippen molar-refractivity contribution >= 4 is 44.6 Å². The van der Waals surface area contributed by atoms with Crippen LogP contribution in [0.15, 0.2) is 47.4 Å². The normalized spacial score (nSPS) is 20.6. The maximum Gasteiger partial charge on any atom is 0.237 e. The molecule has 0 saturated heterocycles. The highest BCUT2D eigenvalue weighted by Crippen LogP contribution is 2.52. The van der Waals surface area contributed by atoms with Gasteiger partial charge in [0.2, 0.25) is 11.9 Å². The quantitative estimate of drug-likeness (QED) is 0.442. The second kappa shape index (κ2) is 8.53. The molecule has 0 heterocycles. The summed E-state index contributed by atoms with van der Waals surface area (Å²) in [6.45, 7) is 1.87. The van der Waals surface area contributed by atoms with Crippen LogP contribution in [0.3, 0.4) is 0 Å². The number of hydrogen-bond donors (Lipinski definition) is 1. The largest absolute Gasteiger partial charge is 0.325 e. The summed E-state index contributed by atoms with van der Waals surface area (Å²) in [6.07, 6.45) is 1.29. The van der Waals surface area contributed by atoms with Crippen molar-refractivity contribution in [3.8, 4) is 0 Å². The third kappa shape index (κ3) is 4.45. The molecule has 7 nitrogen and oxygen atoms in total. The zero-order chi connectivity index (χ0) is 22.1. The maximum absolute atomic E-state index is 12.7. The molecule has 2 aromatic carbocycles. The van der Waals surface area contributed by atoms with E-state index in [1.807, 2.05) is 6.92 Å². The van der Waals surface area contributed by atoms with Gasteiger partial charge in [0.15, 0.2) is 9.84 Å². The van der Waals surface area contributed by atoms with Crippen LogP contribution in [-0.4, -0.2) is 25.3 Å². The molecule has 1 aliphatic carbocycles. The average molecular weight is 471 g/mol. The van der Waals surface area contributed by atoms with Crippen molar-refractivity contribution < 1.29 is 18.1 Å². The molecule has 0 aliphatic heterocycles. The smallest absolute Gasteiger partial charge is 0.237 e. The van der Waals surface area contributed by atoms with Gasteiger partial charge in [0.1, 0.15) is 5.41 Å². The second-order valence-corrected chi connectivity index (χ2v) is 10.2. The number of carbonyl (C=O) groups is 1. The molecule has 160 valence electrons. The Bertz CT molecular complexity index is 1070. The standard InChI is InChI=1S/C20H20Cl2N2O5S/c1-2-10-20(11-18(20)24(26)27)19(25)23-13-6-8-14(9-7-13)30(28,29)12-15-16(21)4-3-5-17(15)22/h3-9,18H,2,10-12H2,1H3,(H,23,25). The lowest BCUT2D eigenvalue weighted by molar-refractivity contribution is -0.501. The predicted octanol–water partition coefficient (Wildman–Crippen LogP) is 4.74. The summed E-state index contributed by atoms with van der Waals surface area (Å²) < 4.78 is 25.5. The van der Waals surface area contributed by atoms with Crippen LogP contribution in [0.2, 0.25) is 10.0 Å². The fourth-order valence-corrected chi connectivity index (χ4v) is 5.68. The molecule has 30 heavy (non-hydrogen) atoms. The highest BCUT2D eigenvalue weighted by Gasteiger charge is 2.68. The first kappa shape index (κ1) is 22.5. The molecule has 1 saturated carbocycles. The summed E-state index contributed by atoms with van der Waals surface area (Å²) in [5.41, 5.74) is -0.303. The molecule has 2 unspecified atom stereocenters. The summed E-state index contributed by atoms with van der Waals surface area (Å²) in [5.74, 6) is -0.772. The van der Waals surface area contributed by atoms with Gasteiger partial charge in [-0.3, -0.25) is 14.9 Å². The van der Waals surface area contributed by atoms with Crippen molar-refractivity contribution in [2.24, 2.45) is 5.41 Å². The molecule has 0 spiro atoms. The van der Waals surface area contributed by atoms with Gasteiger partial charge in [-0.2, -0.15) is 0 Å². The Balaban J connectivity index is 1.75. The van der Waals surface area contributed by atoms with E-state index in [1.165, 1.54) is 24.3 Å². The van der Waals surface area contributed by atoms with Crippen LogP contribution >= 0.6 is 23.2 Å². The highest BCUT2D eigenvalue weighted by atomic mass is 35.5. The van der Waals surface area contributed by atoms with Crippen molar-refractivity contribution in [3.05, 3.63) is 68.2 Å². The molecule has 1 aliphatic rings. The third-order valence-electron chi connectivity index (χ3n) is 5.31. The number of nitro groups is 1. The topological polar surface area (TPSA) is 106 Å². The van der Waals surface area contributed by atoms with E-state index in [2.05, 4.69) is 5.32 Å². The van der Waals surface area contributed by atoms with E-state index in [9.17, 15) is 23.3 Å². The summed E-state index contributed by atoms with van der Waals surface area (Å²) in [4.78, 5) is 23.4. The summed E-state index contributed by atoms with van der Waals surface area (Å²) in [7, 11) is -3.72. The van der Waals surface area contributed by atoms with E-state index < -0.39 is 32.1 Å². The summed E-state index contributed by atoms with van der Waals surface area (Å²) in [6, 6.07) is 9.56. The van der Waals surface area contributed by atoms with Crippen molar-refractivity contribution in [2.45, 2.75) is 42.9 Å². The molecule has 0 bridgehead atoms. The fraction of sp³-hybridized carbons (Fsp3) is 0.350. The van der Waals surface area contributed by atoms with Crippen LogP contribution in [-0.2, 0) is 20.4 Å².